The van der Waals surface area contributed by atoms with Crippen molar-refractivity contribution in [3.05, 3.63) is 30.3 Å². The van der Waals surface area contributed by atoms with Crippen molar-refractivity contribution >= 4 is 22.0 Å². The molecule has 1 aromatic carbocycles. The maximum atomic E-state index is 12.8. The first-order chi connectivity index (χ1) is 13.4. The number of hydrogen-bond acceptors (Lipinski definition) is 5. The molecular weight excluding hydrogens is 382 g/mol. The quantitative estimate of drug-likeness (QED) is 0.766. The molecule has 1 saturated heterocycles. The molecule has 1 aliphatic heterocycles. The highest BCUT2D eigenvalue weighted by molar-refractivity contribution is 7.89. The predicted molar refractivity (Wildman–Crippen MR) is 103 cm³/mol. The third-order valence-electron chi connectivity index (χ3n) is 5.44. The molecule has 9 heteroatoms. The fourth-order valence-corrected chi connectivity index (χ4v) is 5.47. The summed E-state index contributed by atoms with van der Waals surface area (Å²) < 4.78 is 32.0. The maximum Gasteiger partial charge on any atom is 0.404 e. The van der Waals surface area contributed by atoms with Crippen LogP contribution in [-0.4, -0.2) is 50.0 Å². The second-order valence-electron chi connectivity index (χ2n) is 7.43. The van der Waals surface area contributed by atoms with Gasteiger partial charge in [0.25, 0.3) is 0 Å². The molecule has 1 saturated carbocycles. The number of nitrogens with one attached hydrogen (secondary N) is 1. The van der Waals surface area contributed by atoms with Gasteiger partial charge in [0.15, 0.2) is 0 Å². The number of piperidine rings is 1. The average Bonchev–Trinajstić information content (AvgIpc) is 2.70. The number of primary amides is 1. The minimum atomic E-state index is -3.59. The van der Waals surface area contributed by atoms with Gasteiger partial charge in [-0.15, -0.1) is 0 Å². The molecule has 1 aliphatic carbocycles. The van der Waals surface area contributed by atoms with E-state index in [2.05, 4.69) is 5.32 Å². The van der Waals surface area contributed by atoms with Crippen LogP contribution in [0, 0.1) is 5.92 Å². The monoisotopic (exact) mass is 409 g/mol. The predicted octanol–water partition coefficient (Wildman–Crippen LogP) is 1.61. The topological polar surface area (TPSA) is 119 Å². The minimum Gasteiger partial charge on any atom is -0.446 e. The largest absolute Gasteiger partial charge is 0.446 e. The van der Waals surface area contributed by atoms with Crippen LogP contribution in [0.4, 0.5) is 4.79 Å². The van der Waals surface area contributed by atoms with Crippen molar-refractivity contribution in [1.82, 2.24) is 9.62 Å². The van der Waals surface area contributed by atoms with Gasteiger partial charge >= 0.3 is 6.09 Å². The van der Waals surface area contributed by atoms with Crippen molar-refractivity contribution in [2.24, 2.45) is 11.7 Å². The molecule has 28 heavy (non-hydrogen) atoms. The second kappa shape index (κ2) is 8.91. The van der Waals surface area contributed by atoms with Gasteiger partial charge < -0.3 is 15.8 Å². The van der Waals surface area contributed by atoms with E-state index in [9.17, 15) is 18.0 Å². The molecule has 1 aromatic rings. The van der Waals surface area contributed by atoms with Crippen molar-refractivity contribution in [3.8, 4) is 0 Å². The summed E-state index contributed by atoms with van der Waals surface area (Å²) >= 11 is 0. The number of carbonyl (C=O) groups is 2. The zero-order valence-corrected chi connectivity index (χ0v) is 16.6. The number of sulfonamides is 1. The Morgan fingerprint density at radius 2 is 1.75 bits per heavy atom. The van der Waals surface area contributed by atoms with Crippen molar-refractivity contribution in [1.29, 1.82) is 0 Å². The number of benzene rings is 1. The van der Waals surface area contributed by atoms with Gasteiger partial charge in [-0.25, -0.2) is 13.2 Å². The Hall–Kier alpha value is -2.13. The van der Waals surface area contributed by atoms with Crippen LogP contribution < -0.4 is 11.1 Å². The second-order valence-corrected chi connectivity index (χ2v) is 9.37. The summed E-state index contributed by atoms with van der Waals surface area (Å²) in [5, 5.41) is 3.04. The summed E-state index contributed by atoms with van der Waals surface area (Å²) in [6.45, 7) is 0.625. The van der Waals surface area contributed by atoms with Crippen molar-refractivity contribution in [2.75, 3.05) is 13.1 Å². The Labute approximate surface area is 165 Å². The lowest BCUT2D eigenvalue weighted by Gasteiger charge is -2.33. The standard InChI is InChI=1S/C19H27N3O5S/c20-19(24)27-16-10-8-15(9-11-16)21-18(23)14-5-4-12-22(13-14)28(25,26)17-6-2-1-3-7-17/h1-3,6-7,14-16H,4-5,8-13H2,(H2,20,24)(H,21,23). The van der Waals surface area contributed by atoms with E-state index in [1.165, 1.54) is 4.31 Å². The van der Waals surface area contributed by atoms with Crippen LogP contribution in [0.5, 0.6) is 0 Å². The highest BCUT2D eigenvalue weighted by atomic mass is 32.2. The third kappa shape index (κ3) is 5.02. The number of hydrogen-bond donors (Lipinski definition) is 2. The van der Waals surface area contributed by atoms with E-state index in [1.807, 2.05) is 0 Å². The lowest BCUT2D eigenvalue weighted by Crippen LogP contribution is -2.48. The first kappa shape index (κ1) is 20.6. The van der Waals surface area contributed by atoms with Crippen LogP contribution in [0.25, 0.3) is 0 Å². The lowest BCUT2D eigenvalue weighted by atomic mass is 9.91. The molecule has 154 valence electrons. The Bertz CT molecular complexity index is 791. The van der Waals surface area contributed by atoms with Crippen LogP contribution >= 0.6 is 0 Å². The fraction of sp³-hybridized carbons (Fsp3) is 0.579. The maximum absolute atomic E-state index is 12.8. The highest BCUT2D eigenvalue weighted by Gasteiger charge is 2.34. The van der Waals surface area contributed by atoms with Crippen LogP contribution in [0.15, 0.2) is 35.2 Å². The average molecular weight is 410 g/mol. The number of nitrogens with zero attached hydrogens (tertiary/aromatic N) is 1. The highest BCUT2D eigenvalue weighted by Crippen LogP contribution is 2.25. The van der Waals surface area contributed by atoms with Gasteiger partial charge in [-0.3, -0.25) is 4.79 Å². The van der Waals surface area contributed by atoms with Gasteiger partial charge in [-0.05, 0) is 50.7 Å². The number of ether oxygens (including phenoxy) is 1. The Balaban J connectivity index is 1.54. The van der Waals surface area contributed by atoms with E-state index in [0.717, 1.165) is 0 Å². The molecule has 1 atom stereocenters. The smallest absolute Gasteiger partial charge is 0.404 e. The van der Waals surface area contributed by atoms with Crippen molar-refractivity contribution in [3.63, 3.8) is 0 Å². The molecule has 3 N–H and O–H groups in total. The summed E-state index contributed by atoms with van der Waals surface area (Å²) in [5.74, 6) is -0.459. The molecular formula is C19H27N3O5S. The number of nitrogens with two attached hydrogens (primary N) is 1. The van der Waals surface area contributed by atoms with E-state index in [-0.39, 0.29) is 35.4 Å². The molecule has 0 spiro atoms. The third-order valence-corrected chi connectivity index (χ3v) is 7.32. The van der Waals surface area contributed by atoms with Crippen molar-refractivity contribution in [2.45, 2.75) is 55.6 Å². The zero-order chi connectivity index (χ0) is 20.1. The van der Waals surface area contributed by atoms with E-state index < -0.39 is 16.1 Å². The molecule has 2 amide bonds. The summed E-state index contributed by atoms with van der Waals surface area (Å²) in [4.78, 5) is 23.8. The van der Waals surface area contributed by atoms with Gasteiger partial charge in [0.2, 0.25) is 15.9 Å². The lowest BCUT2D eigenvalue weighted by molar-refractivity contribution is -0.127. The fourth-order valence-electron chi connectivity index (χ4n) is 3.92. The molecule has 0 radical (unpaired) electrons. The van der Waals surface area contributed by atoms with E-state index in [0.29, 0.717) is 45.1 Å². The number of carbonyl (C=O) groups excluding carboxylic acids is 2. The molecule has 2 fully saturated rings. The van der Waals surface area contributed by atoms with E-state index in [4.69, 9.17) is 10.5 Å². The molecule has 0 bridgehead atoms. The Kier molecular flexibility index (Phi) is 6.56. The molecule has 0 aromatic heterocycles. The molecule has 3 rings (SSSR count). The van der Waals surface area contributed by atoms with Crippen molar-refractivity contribution < 1.29 is 22.7 Å². The summed E-state index contributed by atoms with van der Waals surface area (Å²) in [6, 6.07) is 8.33. The van der Waals surface area contributed by atoms with Crippen LogP contribution in [0.2, 0.25) is 0 Å². The van der Waals surface area contributed by atoms with Crippen LogP contribution in [-0.2, 0) is 19.6 Å². The molecule has 2 aliphatic rings. The molecule has 8 nitrogen and oxygen atoms in total. The van der Waals surface area contributed by atoms with Gasteiger partial charge in [0.05, 0.1) is 10.8 Å². The zero-order valence-electron chi connectivity index (χ0n) is 15.7. The minimum absolute atomic E-state index is 0.0151. The first-order valence-corrected chi connectivity index (χ1v) is 11.1. The summed E-state index contributed by atoms with van der Waals surface area (Å²) in [6.07, 6.45) is 3.11. The Morgan fingerprint density at radius 3 is 2.39 bits per heavy atom. The van der Waals surface area contributed by atoms with Gasteiger partial charge in [0.1, 0.15) is 6.10 Å². The van der Waals surface area contributed by atoms with Crippen LogP contribution in [0.3, 0.4) is 0 Å². The Morgan fingerprint density at radius 1 is 1.07 bits per heavy atom. The molecule has 1 heterocycles. The van der Waals surface area contributed by atoms with Crippen LogP contribution in [0.1, 0.15) is 38.5 Å². The first-order valence-electron chi connectivity index (χ1n) is 9.68. The summed E-state index contributed by atoms with van der Waals surface area (Å²) in [5.41, 5.74) is 5.04. The van der Waals surface area contributed by atoms with E-state index in [1.54, 1.807) is 30.3 Å². The van der Waals surface area contributed by atoms with Gasteiger partial charge in [0, 0.05) is 19.1 Å². The summed E-state index contributed by atoms with van der Waals surface area (Å²) in [7, 11) is -3.59. The number of rotatable bonds is 5. The van der Waals surface area contributed by atoms with Gasteiger partial charge in [-0.1, -0.05) is 18.2 Å². The van der Waals surface area contributed by atoms with E-state index >= 15 is 0 Å². The normalized spacial score (nSPS) is 26.4. The van der Waals surface area contributed by atoms with Gasteiger partial charge in [-0.2, -0.15) is 4.31 Å². The number of amides is 2. The molecule has 1 unspecified atom stereocenters. The SMILES string of the molecule is NC(=O)OC1CCC(NC(=O)C2CCCN(S(=O)(=O)c3ccccc3)C2)CC1.